The third-order valence-corrected chi connectivity index (χ3v) is 1.96. The molecule has 1 aromatic rings. The molecular weight excluding hydrogens is 192 g/mol. The van der Waals surface area contributed by atoms with Crippen molar-refractivity contribution in [2.75, 3.05) is 6.61 Å². The Labute approximate surface area is 89.4 Å². The van der Waals surface area contributed by atoms with Gasteiger partial charge in [0.1, 0.15) is 5.84 Å². The molecule has 0 saturated carbocycles. The van der Waals surface area contributed by atoms with Crippen molar-refractivity contribution in [1.82, 2.24) is 0 Å². The van der Waals surface area contributed by atoms with Gasteiger partial charge in [0.2, 0.25) is 0 Å². The molecule has 0 amide bonds. The van der Waals surface area contributed by atoms with Crippen LogP contribution in [0.3, 0.4) is 0 Å². The van der Waals surface area contributed by atoms with E-state index in [1.54, 1.807) is 0 Å². The molecule has 82 valence electrons. The molecule has 3 N–H and O–H groups in total. The summed E-state index contributed by atoms with van der Waals surface area (Å²) in [6, 6.07) is 9.97. The summed E-state index contributed by atoms with van der Waals surface area (Å²) in [7, 11) is 0. The van der Waals surface area contributed by atoms with Gasteiger partial charge in [-0.1, -0.05) is 35.5 Å². The molecule has 15 heavy (non-hydrogen) atoms. The second kappa shape index (κ2) is 6.84. The van der Waals surface area contributed by atoms with Crippen LogP contribution in [0.1, 0.15) is 18.4 Å². The molecule has 4 nitrogen and oxygen atoms in total. The zero-order chi connectivity index (χ0) is 10.9. The van der Waals surface area contributed by atoms with Gasteiger partial charge in [-0.2, -0.15) is 0 Å². The highest BCUT2D eigenvalue weighted by Gasteiger charge is 1.94. The number of nitrogens with two attached hydrogens (primary N) is 1. The molecular formula is C11H16N2O2. The average molecular weight is 208 g/mol. The Kier molecular flexibility index (Phi) is 5.25. The molecule has 0 bridgehead atoms. The van der Waals surface area contributed by atoms with Gasteiger partial charge >= 0.3 is 0 Å². The van der Waals surface area contributed by atoms with Crippen molar-refractivity contribution in [3.63, 3.8) is 0 Å². The van der Waals surface area contributed by atoms with Gasteiger partial charge in [0.15, 0.2) is 0 Å². The van der Waals surface area contributed by atoms with E-state index in [9.17, 15) is 0 Å². The van der Waals surface area contributed by atoms with Gasteiger partial charge in [-0.25, -0.2) is 0 Å². The van der Waals surface area contributed by atoms with Crippen molar-refractivity contribution < 1.29 is 9.94 Å². The molecule has 0 aromatic heterocycles. The topological polar surface area (TPSA) is 67.8 Å². The van der Waals surface area contributed by atoms with E-state index >= 15 is 0 Å². The van der Waals surface area contributed by atoms with E-state index in [-0.39, 0.29) is 5.84 Å². The molecule has 1 rings (SSSR count). The van der Waals surface area contributed by atoms with Crippen molar-refractivity contribution in [3.8, 4) is 0 Å². The number of rotatable bonds is 6. The minimum absolute atomic E-state index is 0.248. The Morgan fingerprint density at radius 1 is 1.33 bits per heavy atom. The summed E-state index contributed by atoms with van der Waals surface area (Å²) in [5.41, 5.74) is 6.46. The maximum atomic E-state index is 8.29. The first-order valence-electron chi connectivity index (χ1n) is 4.91. The lowest BCUT2D eigenvalue weighted by atomic mass is 10.2. The molecule has 0 spiro atoms. The molecule has 1 aromatic carbocycles. The van der Waals surface area contributed by atoms with Crippen LogP contribution in [0.2, 0.25) is 0 Å². The molecule has 0 radical (unpaired) electrons. The molecule has 0 unspecified atom stereocenters. The summed E-state index contributed by atoms with van der Waals surface area (Å²) in [5, 5.41) is 11.2. The highest BCUT2D eigenvalue weighted by molar-refractivity contribution is 5.79. The van der Waals surface area contributed by atoms with Crippen LogP contribution in [0.4, 0.5) is 0 Å². The minimum Gasteiger partial charge on any atom is -0.409 e. The lowest BCUT2D eigenvalue weighted by molar-refractivity contribution is 0.119. The van der Waals surface area contributed by atoms with Crippen LogP contribution in [0.5, 0.6) is 0 Å². The fraction of sp³-hybridized carbons (Fsp3) is 0.364. The predicted molar refractivity (Wildman–Crippen MR) is 58.7 cm³/mol. The Bertz CT molecular complexity index is 299. The van der Waals surface area contributed by atoms with Gasteiger partial charge in [0, 0.05) is 13.0 Å². The van der Waals surface area contributed by atoms with Gasteiger partial charge in [0.05, 0.1) is 6.61 Å². The zero-order valence-corrected chi connectivity index (χ0v) is 8.60. The number of hydrogen-bond donors (Lipinski definition) is 2. The fourth-order valence-electron chi connectivity index (χ4n) is 1.17. The predicted octanol–water partition coefficient (Wildman–Crippen LogP) is 1.73. The SMILES string of the molecule is N/C(CCCOCc1ccccc1)=N\O. The van der Waals surface area contributed by atoms with Crippen LogP contribution in [-0.2, 0) is 11.3 Å². The summed E-state index contributed by atoms with van der Waals surface area (Å²) in [6.45, 7) is 1.22. The highest BCUT2D eigenvalue weighted by Crippen LogP contribution is 2.01. The van der Waals surface area contributed by atoms with Crippen molar-refractivity contribution in [1.29, 1.82) is 0 Å². The quantitative estimate of drug-likeness (QED) is 0.246. The van der Waals surface area contributed by atoms with E-state index in [1.807, 2.05) is 30.3 Å². The first-order chi connectivity index (χ1) is 7.33. The van der Waals surface area contributed by atoms with E-state index in [1.165, 1.54) is 0 Å². The molecule has 0 fully saturated rings. The largest absolute Gasteiger partial charge is 0.409 e. The molecule has 0 aliphatic rings. The average Bonchev–Trinajstić information content (AvgIpc) is 2.29. The standard InChI is InChI=1S/C11H16N2O2/c12-11(13-14)7-4-8-15-9-10-5-2-1-3-6-10/h1-3,5-6,14H,4,7-9H2,(H2,12,13). The molecule has 0 heterocycles. The number of oxime groups is 1. The summed E-state index contributed by atoms with van der Waals surface area (Å²) >= 11 is 0. The highest BCUT2D eigenvalue weighted by atomic mass is 16.5. The summed E-state index contributed by atoms with van der Waals surface area (Å²) in [5.74, 6) is 0.248. The third kappa shape index (κ3) is 5.02. The van der Waals surface area contributed by atoms with Gasteiger partial charge in [0.25, 0.3) is 0 Å². The number of amidine groups is 1. The lowest BCUT2D eigenvalue weighted by Crippen LogP contribution is -2.12. The minimum atomic E-state index is 0.248. The maximum absolute atomic E-state index is 8.29. The first kappa shape index (κ1) is 11.5. The molecule has 4 heteroatoms. The van der Waals surface area contributed by atoms with Crippen molar-refractivity contribution in [2.24, 2.45) is 10.9 Å². The number of hydrogen-bond acceptors (Lipinski definition) is 3. The van der Waals surface area contributed by atoms with Crippen LogP contribution in [-0.4, -0.2) is 17.6 Å². The van der Waals surface area contributed by atoms with Crippen LogP contribution in [0, 0.1) is 0 Å². The van der Waals surface area contributed by atoms with Gasteiger partial charge in [-0.15, -0.1) is 0 Å². The zero-order valence-electron chi connectivity index (χ0n) is 8.60. The fourth-order valence-corrected chi connectivity index (χ4v) is 1.17. The van der Waals surface area contributed by atoms with Gasteiger partial charge in [-0.3, -0.25) is 0 Å². The smallest absolute Gasteiger partial charge is 0.139 e. The van der Waals surface area contributed by atoms with Crippen molar-refractivity contribution in [3.05, 3.63) is 35.9 Å². The summed E-state index contributed by atoms with van der Waals surface area (Å²) in [4.78, 5) is 0. The number of benzene rings is 1. The Morgan fingerprint density at radius 2 is 2.07 bits per heavy atom. The summed E-state index contributed by atoms with van der Waals surface area (Å²) in [6.07, 6.45) is 1.33. The van der Waals surface area contributed by atoms with E-state index in [2.05, 4.69) is 5.16 Å². The molecule has 0 aliphatic carbocycles. The molecule has 0 saturated heterocycles. The van der Waals surface area contributed by atoms with Crippen LogP contribution in [0.15, 0.2) is 35.5 Å². The van der Waals surface area contributed by atoms with Crippen LogP contribution < -0.4 is 5.73 Å². The Balaban J connectivity index is 2.08. The van der Waals surface area contributed by atoms with Gasteiger partial charge < -0.3 is 15.7 Å². The Hall–Kier alpha value is -1.55. The van der Waals surface area contributed by atoms with E-state index in [4.69, 9.17) is 15.7 Å². The second-order valence-corrected chi connectivity index (χ2v) is 3.23. The van der Waals surface area contributed by atoms with E-state index in [0.29, 0.717) is 19.6 Å². The van der Waals surface area contributed by atoms with Gasteiger partial charge in [-0.05, 0) is 12.0 Å². The number of ether oxygens (including phenoxy) is 1. The first-order valence-corrected chi connectivity index (χ1v) is 4.91. The Morgan fingerprint density at radius 3 is 2.73 bits per heavy atom. The summed E-state index contributed by atoms with van der Waals surface area (Å²) < 4.78 is 5.42. The molecule has 0 aliphatic heterocycles. The normalized spacial score (nSPS) is 11.6. The van der Waals surface area contributed by atoms with Crippen molar-refractivity contribution in [2.45, 2.75) is 19.4 Å². The molecule has 0 atom stereocenters. The number of nitrogens with zero attached hydrogens (tertiary/aromatic N) is 1. The lowest BCUT2D eigenvalue weighted by Gasteiger charge is -2.03. The van der Waals surface area contributed by atoms with E-state index < -0.39 is 0 Å². The maximum Gasteiger partial charge on any atom is 0.139 e. The van der Waals surface area contributed by atoms with Crippen molar-refractivity contribution >= 4 is 5.84 Å². The van der Waals surface area contributed by atoms with E-state index in [0.717, 1.165) is 12.0 Å². The third-order valence-electron chi connectivity index (χ3n) is 1.96. The monoisotopic (exact) mass is 208 g/mol. The van der Waals surface area contributed by atoms with Crippen LogP contribution >= 0.6 is 0 Å². The van der Waals surface area contributed by atoms with Crippen LogP contribution in [0.25, 0.3) is 0 Å². The second-order valence-electron chi connectivity index (χ2n) is 3.23.